The molecule has 0 fully saturated rings. The van der Waals surface area contributed by atoms with E-state index in [0.717, 1.165) is 16.8 Å². The second-order valence-electron chi connectivity index (χ2n) is 4.69. The van der Waals surface area contributed by atoms with Gasteiger partial charge in [0.25, 0.3) is 0 Å². The van der Waals surface area contributed by atoms with Gasteiger partial charge in [-0.15, -0.1) is 0 Å². The fourth-order valence-electron chi connectivity index (χ4n) is 1.79. The number of carbonyl (C=O) groups is 1. The van der Waals surface area contributed by atoms with Gasteiger partial charge in [0.1, 0.15) is 0 Å². The molecular weight excluding hydrogens is 250 g/mol. The fourth-order valence-corrected chi connectivity index (χ4v) is 1.79. The van der Waals surface area contributed by atoms with E-state index in [1.165, 1.54) is 5.56 Å². The Balaban J connectivity index is 1.84. The molecule has 0 radical (unpaired) electrons. The summed E-state index contributed by atoms with van der Waals surface area (Å²) in [7, 11) is 0. The molecule has 0 aliphatic rings. The van der Waals surface area contributed by atoms with Gasteiger partial charge in [0.05, 0.1) is 0 Å². The number of hydrogen-bond acceptors (Lipinski definition) is 2. The van der Waals surface area contributed by atoms with Crippen LogP contribution >= 0.6 is 0 Å². The summed E-state index contributed by atoms with van der Waals surface area (Å²) in [4.78, 5) is 11.8. The Labute approximate surface area is 119 Å². The molecule has 0 aliphatic carbocycles. The number of hydrogen-bond donors (Lipinski definition) is 3. The van der Waals surface area contributed by atoms with E-state index in [2.05, 4.69) is 10.6 Å². The highest BCUT2D eigenvalue weighted by atomic mass is 16.2. The second-order valence-corrected chi connectivity index (χ2v) is 4.69. The predicted molar refractivity (Wildman–Crippen MR) is 81.4 cm³/mol. The zero-order valence-corrected chi connectivity index (χ0v) is 11.5. The number of anilines is 1. The minimum absolute atomic E-state index is 0.217. The molecule has 2 aromatic carbocycles. The molecule has 4 N–H and O–H groups in total. The van der Waals surface area contributed by atoms with E-state index in [0.29, 0.717) is 13.1 Å². The van der Waals surface area contributed by atoms with E-state index >= 15 is 0 Å². The summed E-state index contributed by atoms with van der Waals surface area (Å²) >= 11 is 0. The van der Waals surface area contributed by atoms with Crippen LogP contribution in [0.25, 0.3) is 0 Å². The summed E-state index contributed by atoms with van der Waals surface area (Å²) in [5, 5.41) is 5.60. The first-order valence-corrected chi connectivity index (χ1v) is 6.57. The minimum Gasteiger partial charge on any atom is -0.334 e. The number of amides is 2. The van der Waals surface area contributed by atoms with E-state index < -0.39 is 0 Å². The number of benzene rings is 2. The maximum Gasteiger partial charge on any atom is 0.319 e. The van der Waals surface area contributed by atoms with Crippen LogP contribution in [0.1, 0.15) is 16.7 Å². The molecule has 0 saturated carbocycles. The largest absolute Gasteiger partial charge is 0.334 e. The number of rotatable bonds is 4. The predicted octanol–water partition coefficient (Wildman–Crippen LogP) is 2.78. The molecule has 4 nitrogen and oxygen atoms in total. The maximum absolute atomic E-state index is 11.8. The van der Waals surface area contributed by atoms with Crippen LogP contribution in [0.5, 0.6) is 0 Å². The van der Waals surface area contributed by atoms with Gasteiger partial charge in [-0.05, 0) is 30.2 Å². The first kappa shape index (κ1) is 14.1. The third-order valence-corrected chi connectivity index (χ3v) is 3.02. The number of aryl methyl sites for hydroxylation is 1. The molecule has 0 saturated heterocycles. The van der Waals surface area contributed by atoms with Crippen LogP contribution < -0.4 is 16.4 Å². The van der Waals surface area contributed by atoms with Gasteiger partial charge in [-0.3, -0.25) is 0 Å². The molecule has 0 atom stereocenters. The lowest BCUT2D eigenvalue weighted by molar-refractivity contribution is 0.251. The molecule has 2 aromatic rings. The molecule has 104 valence electrons. The van der Waals surface area contributed by atoms with Crippen molar-refractivity contribution in [1.29, 1.82) is 0 Å². The van der Waals surface area contributed by atoms with Gasteiger partial charge in [0.15, 0.2) is 0 Å². The van der Waals surface area contributed by atoms with Gasteiger partial charge >= 0.3 is 6.03 Å². The second kappa shape index (κ2) is 6.73. The molecule has 0 spiro atoms. The third-order valence-electron chi connectivity index (χ3n) is 3.02. The van der Waals surface area contributed by atoms with Crippen LogP contribution in [0.4, 0.5) is 10.5 Å². The summed E-state index contributed by atoms with van der Waals surface area (Å²) in [6.45, 7) is 3.04. The smallest absolute Gasteiger partial charge is 0.319 e. The molecule has 0 bridgehead atoms. The average Bonchev–Trinajstić information content (AvgIpc) is 2.47. The van der Waals surface area contributed by atoms with E-state index in [1.54, 1.807) is 0 Å². The summed E-state index contributed by atoms with van der Waals surface area (Å²) in [5.74, 6) is 0. The van der Waals surface area contributed by atoms with E-state index in [1.807, 2.05) is 55.5 Å². The molecule has 20 heavy (non-hydrogen) atoms. The Morgan fingerprint density at radius 2 is 1.60 bits per heavy atom. The average molecular weight is 269 g/mol. The van der Waals surface area contributed by atoms with Gasteiger partial charge in [0, 0.05) is 18.8 Å². The number of urea groups is 1. The van der Waals surface area contributed by atoms with Crippen LogP contribution in [0.3, 0.4) is 0 Å². The van der Waals surface area contributed by atoms with Crippen molar-refractivity contribution < 1.29 is 4.79 Å². The van der Waals surface area contributed by atoms with E-state index in [9.17, 15) is 4.79 Å². The molecule has 0 aliphatic heterocycles. The summed E-state index contributed by atoms with van der Waals surface area (Å²) in [6, 6.07) is 15.3. The Kier molecular flexibility index (Phi) is 4.74. The highest BCUT2D eigenvalue weighted by Crippen LogP contribution is 2.09. The summed E-state index contributed by atoms with van der Waals surface area (Å²) in [6.07, 6.45) is 0. The fraction of sp³-hybridized carbons (Fsp3) is 0.188. The van der Waals surface area contributed by atoms with E-state index in [4.69, 9.17) is 5.73 Å². The zero-order chi connectivity index (χ0) is 14.4. The monoisotopic (exact) mass is 269 g/mol. The lowest BCUT2D eigenvalue weighted by Crippen LogP contribution is -2.28. The van der Waals surface area contributed by atoms with Gasteiger partial charge in [0.2, 0.25) is 0 Å². The third kappa shape index (κ3) is 4.10. The molecular formula is C16H19N3O. The van der Waals surface area contributed by atoms with Crippen molar-refractivity contribution in [3.63, 3.8) is 0 Å². The molecule has 2 rings (SSSR count). The number of nitrogens with two attached hydrogens (primary N) is 1. The normalized spacial score (nSPS) is 10.1. The standard InChI is InChI=1S/C16H19N3O/c1-12-2-4-14(5-3-12)11-18-16(20)19-15-8-6-13(10-17)7-9-15/h2-9H,10-11,17H2,1H3,(H2,18,19,20). The van der Waals surface area contributed by atoms with Crippen LogP contribution in [0.15, 0.2) is 48.5 Å². The SMILES string of the molecule is Cc1ccc(CNC(=O)Nc2ccc(CN)cc2)cc1. The Morgan fingerprint density at radius 3 is 2.20 bits per heavy atom. The Hall–Kier alpha value is -2.33. The van der Waals surface area contributed by atoms with Crippen LogP contribution in [-0.4, -0.2) is 6.03 Å². The van der Waals surface area contributed by atoms with Crippen molar-refractivity contribution in [3.05, 3.63) is 65.2 Å². The van der Waals surface area contributed by atoms with Crippen molar-refractivity contribution in [1.82, 2.24) is 5.32 Å². The lowest BCUT2D eigenvalue weighted by atomic mass is 10.1. The molecule has 0 aromatic heterocycles. The maximum atomic E-state index is 11.8. The Morgan fingerprint density at radius 1 is 1.00 bits per heavy atom. The molecule has 4 heteroatoms. The highest BCUT2D eigenvalue weighted by molar-refractivity contribution is 5.89. The topological polar surface area (TPSA) is 67.2 Å². The quantitative estimate of drug-likeness (QED) is 0.799. The van der Waals surface area contributed by atoms with Crippen molar-refractivity contribution >= 4 is 11.7 Å². The van der Waals surface area contributed by atoms with Crippen molar-refractivity contribution in [2.45, 2.75) is 20.0 Å². The van der Waals surface area contributed by atoms with Gasteiger partial charge in [-0.2, -0.15) is 0 Å². The van der Waals surface area contributed by atoms with Crippen molar-refractivity contribution in [3.8, 4) is 0 Å². The van der Waals surface area contributed by atoms with Crippen molar-refractivity contribution in [2.75, 3.05) is 5.32 Å². The molecule has 0 heterocycles. The Bertz CT molecular complexity index is 561. The number of nitrogens with one attached hydrogen (secondary N) is 2. The summed E-state index contributed by atoms with van der Waals surface area (Å²) in [5.41, 5.74) is 9.60. The number of carbonyl (C=O) groups excluding carboxylic acids is 1. The van der Waals surface area contributed by atoms with E-state index in [-0.39, 0.29) is 6.03 Å². The first-order valence-electron chi connectivity index (χ1n) is 6.57. The highest BCUT2D eigenvalue weighted by Gasteiger charge is 2.01. The molecule has 0 unspecified atom stereocenters. The first-order chi connectivity index (χ1) is 9.67. The summed E-state index contributed by atoms with van der Waals surface area (Å²) < 4.78 is 0. The van der Waals surface area contributed by atoms with Gasteiger partial charge < -0.3 is 16.4 Å². The van der Waals surface area contributed by atoms with Gasteiger partial charge in [-0.25, -0.2) is 4.79 Å². The molecule has 2 amide bonds. The van der Waals surface area contributed by atoms with Crippen molar-refractivity contribution in [2.24, 2.45) is 5.73 Å². The van der Waals surface area contributed by atoms with Gasteiger partial charge in [-0.1, -0.05) is 42.0 Å². The van der Waals surface area contributed by atoms with Crippen LogP contribution in [-0.2, 0) is 13.1 Å². The van der Waals surface area contributed by atoms with Crippen LogP contribution in [0, 0.1) is 6.92 Å². The van der Waals surface area contributed by atoms with Crippen LogP contribution in [0.2, 0.25) is 0 Å². The zero-order valence-electron chi connectivity index (χ0n) is 11.5. The minimum atomic E-state index is -0.217. The lowest BCUT2D eigenvalue weighted by Gasteiger charge is -2.08.